The van der Waals surface area contributed by atoms with E-state index in [2.05, 4.69) is 69.6 Å². The SMILES string of the molecule is CCCCc1nc(CCCN)nn1Cc1ccc(-c2ccccc2C2=NNNN2)cc1. The molecule has 0 saturated carbocycles. The van der Waals surface area contributed by atoms with Crippen LogP contribution in [0, 0.1) is 0 Å². The molecular weight excluding hydrogens is 388 g/mol. The average Bonchev–Trinajstić information content (AvgIpc) is 3.47. The Morgan fingerprint density at radius 3 is 2.48 bits per heavy atom. The predicted molar refractivity (Wildman–Crippen MR) is 123 cm³/mol. The molecule has 31 heavy (non-hydrogen) atoms. The van der Waals surface area contributed by atoms with Crippen LogP contribution in [0.2, 0.25) is 0 Å². The highest BCUT2D eigenvalue weighted by molar-refractivity contribution is 6.04. The first-order valence-corrected chi connectivity index (χ1v) is 10.9. The van der Waals surface area contributed by atoms with Gasteiger partial charge in [0, 0.05) is 18.4 Å². The number of nitrogens with two attached hydrogens (primary N) is 1. The molecule has 3 aromatic rings. The molecule has 1 aliphatic heterocycles. The summed E-state index contributed by atoms with van der Waals surface area (Å²) >= 11 is 0. The van der Waals surface area contributed by atoms with Gasteiger partial charge in [-0.05, 0) is 36.1 Å². The van der Waals surface area contributed by atoms with Crippen LogP contribution in [-0.2, 0) is 19.4 Å². The summed E-state index contributed by atoms with van der Waals surface area (Å²) in [7, 11) is 0. The van der Waals surface area contributed by atoms with Gasteiger partial charge in [0.05, 0.1) is 6.54 Å². The van der Waals surface area contributed by atoms with Gasteiger partial charge in [0.2, 0.25) is 0 Å². The van der Waals surface area contributed by atoms with Crippen LogP contribution >= 0.6 is 0 Å². The van der Waals surface area contributed by atoms with Crippen molar-refractivity contribution in [2.45, 2.75) is 45.6 Å². The summed E-state index contributed by atoms with van der Waals surface area (Å²) in [4.78, 5) is 4.77. The highest BCUT2D eigenvalue weighted by atomic mass is 15.8. The van der Waals surface area contributed by atoms with E-state index in [0.29, 0.717) is 6.54 Å². The number of nitrogens with zero attached hydrogens (tertiary/aromatic N) is 4. The minimum atomic E-state index is 0.663. The van der Waals surface area contributed by atoms with E-state index in [0.717, 1.165) is 72.8 Å². The third-order valence-corrected chi connectivity index (χ3v) is 5.33. The Bertz CT molecular complexity index is 1020. The quantitative estimate of drug-likeness (QED) is 0.403. The number of aryl methyl sites for hydroxylation is 2. The van der Waals surface area contributed by atoms with E-state index >= 15 is 0 Å². The molecule has 0 unspecified atom stereocenters. The second-order valence-electron chi connectivity index (χ2n) is 7.66. The first-order chi connectivity index (χ1) is 15.3. The fraction of sp³-hybridized carbons (Fsp3) is 0.348. The summed E-state index contributed by atoms with van der Waals surface area (Å²) in [6.07, 6.45) is 4.96. The van der Waals surface area contributed by atoms with Crippen LogP contribution in [-0.4, -0.2) is 27.1 Å². The number of hydrazone groups is 1. The number of rotatable bonds is 10. The largest absolute Gasteiger partial charge is 0.330 e. The normalized spacial score (nSPS) is 13.0. The molecule has 5 N–H and O–H groups in total. The van der Waals surface area contributed by atoms with Crippen LogP contribution < -0.4 is 22.2 Å². The van der Waals surface area contributed by atoms with Crippen molar-refractivity contribution in [2.24, 2.45) is 10.8 Å². The fourth-order valence-electron chi connectivity index (χ4n) is 3.67. The average molecular weight is 419 g/mol. The maximum absolute atomic E-state index is 5.66. The van der Waals surface area contributed by atoms with Crippen molar-refractivity contribution < 1.29 is 0 Å². The van der Waals surface area contributed by atoms with Crippen molar-refractivity contribution in [1.82, 2.24) is 31.3 Å². The molecule has 0 bridgehead atoms. The molecule has 0 atom stereocenters. The number of hydrazine groups is 2. The Hall–Kier alpha value is -3.23. The Morgan fingerprint density at radius 1 is 0.968 bits per heavy atom. The van der Waals surface area contributed by atoms with E-state index in [4.69, 9.17) is 15.8 Å². The molecule has 0 aliphatic carbocycles. The minimum absolute atomic E-state index is 0.663. The van der Waals surface area contributed by atoms with Gasteiger partial charge in [0.25, 0.3) is 0 Å². The zero-order valence-corrected chi connectivity index (χ0v) is 17.9. The van der Waals surface area contributed by atoms with Crippen molar-refractivity contribution >= 4 is 5.84 Å². The number of aromatic nitrogens is 3. The molecular formula is C23H30N8. The molecule has 1 aromatic heterocycles. The third-order valence-electron chi connectivity index (χ3n) is 5.33. The zero-order valence-electron chi connectivity index (χ0n) is 17.9. The van der Waals surface area contributed by atoms with Crippen LogP contribution in [0.3, 0.4) is 0 Å². The number of amidine groups is 1. The van der Waals surface area contributed by atoms with E-state index in [-0.39, 0.29) is 0 Å². The van der Waals surface area contributed by atoms with Crippen LogP contribution in [0.5, 0.6) is 0 Å². The molecule has 0 spiro atoms. The van der Waals surface area contributed by atoms with Gasteiger partial charge in [-0.15, -0.1) is 10.6 Å². The number of nitrogens with one attached hydrogen (secondary N) is 3. The second-order valence-corrected chi connectivity index (χ2v) is 7.66. The summed E-state index contributed by atoms with van der Waals surface area (Å²) in [6.45, 7) is 3.58. The van der Waals surface area contributed by atoms with E-state index in [1.165, 1.54) is 5.56 Å². The van der Waals surface area contributed by atoms with Gasteiger partial charge in [-0.25, -0.2) is 15.2 Å². The molecule has 1 aliphatic rings. The number of hydrogen-bond donors (Lipinski definition) is 4. The van der Waals surface area contributed by atoms with E-state index in [9.17, 15) is 0 Å². The first-order valence-electron chi connectivity index (χ1n) is 10.9. The highest BCUT2D eigenvalue weighted by Crippen LogP contribution is 2.25. The maximum Gasteiger partial charge on any atom is 0.171 e. The summed E-state index contributed by atoms with van der Waals surface area (Å²) in [6, 6.07) is 16.9. The Morgan fingerprint density at radius 2 is 1.77 bits per heavy atom. The smallest absolute Gasteiger partial charge is 0.171 e. The fourth-order valence-corrected chi connectivity index (χ4v) is 3.67. The van der Waals surface area contributed by atoms with Crippen molar-refractivity contribution in [1.29, 1.82) is 0 Å². The number of unbranched alkanes of at least 4 members (excludes halogenated alkanes) is 1. The van der Waals surface area contributed by atoms with Gasteiger partial charge in [-0.3, -0.25) is 5.43 Å². The topological polar surface area (TPSA) is 105 Å². The van der Waals surface area contributed by atoms with Gasteiger partial charge < -0.3 is 5.73 Å². The molecule has 8 nitrogen and oxygen atoms in total. The molecule has 0 saturated heterocycles. The maximum atomic E-state index is 5.66. The van der Waals surface area contributed by atoms with Crippen LogP contribution in [0.15, 0.2) is 53.6 Å². The van der Waals surface area contributed by atoms with Gasteiger partial charge in [-0.2, -0.15) is 5.10 Å². The van der Waals surface area contributed by atoms with Crippen molar-refractivity contribution in [2.75, 3.05) is 6.54 Å². The summed E-state index contributed by atoms with van der Waals surface area (Å²) < 4.78 is 2.05. The minimum Gasteiger partial charge on any atom is -0.330 e. The zero-order chi connectivity index (χ0) is 21.5. The second kappa shape index (κ2) is 10.2. The van der Waals surface area contributed by atoms with E-state index in [1.807, 2.05) is 12.1 Å². The lowest BCUT2D eigenvalue weighted by molar-refractivity contribution is 0.577. The Labute approximate surface area is 182 Å². The van der Waals surface area contributed by atoms with Gasteiger partial charge in [-0.1, -0.05) is 61.9 Å². The van der Waals surface area contributed by atoms with Gasteiger partial charge in [0.15, 0.2) is 11.7 Å². The van der Waals surface area contributed by atoms with Crippen molar-refractivity contribution in [3.8, 4) is 11.1 Å². The van der Waals surface area contributed by atoms with Crippen LogP contribution in [0.1, 0.15) is 49.0 Å². The molecule has 8 heteroatoms. The summed E-state index contributed by atoms with van der Waals surface area (Å²) in [5, 5.41) is 9.00. The Kier molecular flexibility index (Phi) is 6.91. The first kappa shape index (κ1) is 21.0. The van der Waals surface area contributed by atoms with E-state index < -0.39 is 0 Å². The Balaban J connectivity index is 1.54. The van der Waals surface area contributed by atoms with E-state index in [1.54, 1.807) is 0 Å². The molecule has 0 radical (unpaired) electrons. The lowest BCUT2D eigenvalue weighted by Crippen LogP contribution is -2.35. The van der Waals surface area contributed by atoms with Gasteiger partial charge >= 0.3 is 0 Å². The molecule has 2 heterocycles. The van der Waals surface area contributed by atoms with Gasteiger partial charge in [0.1, 0.15) is 5.82 Å². The summed E-state index contributed by atoms with van der Waals surface area (Å²) in [5.41, 5.74) is 18.7. The van der Waals surface area contributed by atoms with Crippen molar-refractivity contribution in [3.63, 3.8) is 0 Å². The molecule has 0 amide bonds. The number of hydrogen-bond acceptors (Lipinski definition) is 7. The van der Waals surface area contributed by atoms with Crippen LogP contribution in [0.4, 0.5) is 0 Å². The molecule has 162 valence electrons. The number of benzene rings is 2. The van der Waals surface area contributed by atoms with Crippen LogP contribution in [0.25, 0.3) is 11.1 Å². The third kappa shape index (κ3) is 5.10. The lowest BCUT2D eigenvalue weighted by atomic mass is 9.98. The molecule has 4 rings (SSSR count). The van der Waals surface area contributed by atoms with Crippen molar-refractivity contribution in [3.05, 3.63) is 71.3 Å². The summed E-state index contributed by atoms with van der Waals surface area (Å²) in [5.74, 6) is 2.73. The predicted octanol–water partition coefficient (Wildman–Crippen LogP) is 2.50. The monoisotopic (exact) mass is 418 g/mol. The standard InChI is InChI=1S/C23H30N8/c1-2-3-10-22-25-21(9-6-15-24)28-31(22)16-17-11-13-18(14-12-17)19-7-4-5-8-20(19)23-26-29-30-27-23/h4-5,7-8,11-14,29-30H,2-3,6,9-10,15-16,24H2,1H3,(H,26,27). The lowest BCUT2D eigenvalue weighted by Gasteiger charge is -2.11. The molecule has 0 fully saturated rings. The highest BCUT2D eigenvalue weighted by Gasteiger charge is 2.14. The molecule has 2 aromatic carbocycles.